The zero-order valence-electron chi connectivity index (χ0n) is 18.2. The van der Waals surface area contributed by atoms with E-state index in [2.05, 4.69) is 20.8 Å². The van der Waals surface area contributed by atoms with Gasteiger partial charge in [-0.2, -0.15) is 13.2 Å². The first-order chi connectivity index (χ1) is 15.6. The van der Waals surface area contributed by atoms with E-state index in [1.807, 2.05) is 38.1 Å². The van der Waals surface area contributed by atoms with Crippen molar-refractivity contribution in [1.29, 1.82) is 0 Å². The lowest BCUT2D eigenvalue weighted by Crippen LogP contribution is -2.47. The quantitative estimate of drug-likeness (QED) is 0.484. The summed E-state index contributed by atoms with van der Waals surface area (Å²) in [5, 5.41) is 14.2. The Hall–Kier alpha value is -3.27. The highest BCUT2D eigenvalue weighted by molar-refractivity contribution is 7.18. The molecule has 3 rings (SSSR count). The molecule has 33 heavy (non-hydrogen) atoms. The Morgan fingerprint density at radius 2 is 1.79 bits per heavy atom. The van der Waals surface area contributed by atoms with Crippen molar-refractivity contribution < 1.29 is 22.8 Å². The minimum atomic E-state index is -4.57. The van der Waals surface area contributed by atoms with E-state index >= 15 is 0 Å². The highest BCUT2D eigenvalue weighted by atomic mass is 32.1. The lowest BCUT2D eigenvalue weighted by molar-refractivity contribution is -0.137. The van der Waals surface area contributed by atoms with E-state index in [1.54, 1.807) is 6.92 Å². The van der Waals surface area contributed by atoms with Gasteiger partial charge >= 0.3 is 6.18 Å². The van der Waals surface area contributed by atoms with Crippen molar-refractivity contribution >= 4 is 28.3 Å². The lowest BCUT2D eigenvalue weighted by Gasteiger charge is -2.23. The van der Waals surface area contributed by atoms with E-state index in [4.69, 9.17) is 0 Å². The second-order valence-electron chi connectivity index (χ2n) is 7.68. The van der Waals surface area contributed by atoms with Gasteiger partial charge < -0.3 is 5.32 Å². The molecule has 1 heterocycles. The molecule has 0 fully saturated rings. The number of aryl methyl sites for hydroxylation is 1. The van der Waals surface area contributed by atoms with Gasteiger partial charge in [-0.3, -0.25) is 14.9 Å². The van der Waals surface area contributed by atoms with Crippen LogP contribution in [-0.2, 0) is 11.0 Å². The van der Waals surface area contributed by atoms with Crippen LogP contribution in [0.3, 0.4) is 0 Å². The van der Waals surface area contributed by atoms with Gasteiger partial charge in [0, 0.05) is 11.1 Å². The van der Waals surface area contributed by atoms with Crippen molar-refractivity contribution in [3.8, 4) is 10.6 Å². The molecule has 2 aromatic carbocycles. The molecule has 2 unspecified atom stereocenters. The van der Waals surface area contributed by atoms with Gasteiger partial charge in [0.1, 0.15) is 11.0 Å². The number of carbonyl (C=O) groups excluding carboxylic acids is 2. The molecule has 0 aliphatic heterocycles. The molecule has 2 N–H and O–H groups in total. The smallest absolute Gasteiger partial charge is 0.340 e. The minimum Gasteiger partial charge on any atom is -0.340 e. The third-order valence-corrected chi connectivity index (χ3v) is 6.08. The van der Waals surface area contributed by atoms with Gasteiger partial charge in [0.05, 0.1) is 5.56 Å². The van der Waals surface area contributed by atoms with E-state index in [9.17, 15) is 22.8 Å². The van der Waals surface area contributed by atoms with Crippen LogP contribution < -0.4 is 10.6 Å². The molecular weight excluding hydrogens is 453 g/mol. The summed E-state index contributed by atoms with van der Waals surface area (Å²) < 4.78 is 39.0. The Balaban J connectivity index is 1.74. The first kappa shape index (κ1) is 24.4. The summed E-state index contributed by atoms with van der Waals surface area (Å²) in [5.74, 6) is -1.56. The number of carbonyl (C=O) groups is 2. The van der Waals surface area contributed by atoms with E-state index < -0.39 is 29.6 Å². The lowest BCUT2D eigenvalue weighted by atomic mass is 9.97. The summed E-state index contributed by atoms with van der Waals surface area (Å²) in [4.78, 5) is 25.6. The van der Waals surface area contributed by atoms with Crippen LogP contribution >= 0.6 is 11.3 Å². The van der Waals surface area contributed by atoms with E-state index in [0.29, 0.717) is 11.4 Å². The number of nitrogens with one attached hydrogen (secondary N) is 2. The molecule has 174 valence electrons. The number of anilines is 1. The third-order valence-electron chi connectivity index (χ3n) is 5.19. The highest BCUT2D eigenvalue weighted by Gasteiger charge is 2.32. The van der Waals surface area contributed by atoms with E-state index in [-0.39, 0.29) is 16.6 Å². The average molecular weight is 477 g/mol. The molecule has 0 bridgehead atoms. The molecule has 0 spiro atoms. The zero-order chi connectivity index (χ0) is 24.2. The maximum atomic E-state index is 13.0. The maximum absolute atomic E-state index is 13.0. The number of benzene rings is 2. The molecule has 2 atom stereocenters. The van der Waals surface area contributed by atoms with Crippen molar-refractivity contribution in [3.05, 3.63) is 65.2 Å². The van der Waals surface area contributed by atoms with Crippen molar-refractivity contribution in [2.75, 3.05) is 5.32 Å². The predicted molar refractivity (Wildman–Crippen MR) is 121 cm³/mol. The summed E-state index contributed by atoms with van der Waals surface area (Å²) >= 11 is 1.18. The second kappa shape index (κ2) is 10.1. The Morgan fingerprint density at radius 3 is 2.42 bits per heavy atom. The molecule has 3 aromatic rings. The van der Waals surface area contributed by atoms with Gasteiger partial charge in [0.2, 0.25) is 11.0 Å². The summed E-state index contributed by atoms with van der Waals surface area (Å²) in [5.41, 5.74) is 0.848. The van der Waals surface area contributed by atoms with Crippen LogP contribution in [0.25, 0.3) is 10.6 Å². The van der Waals surface area contributed by atoms with Crippen LogP contribution in [0.4, 0.5) is 18.3 Å². The SMILES string of the molecule is CCC(C)C(NC(=O)c1cccc(C(F)(F)F)c1)C(=O)Nc1nnc(-c2ccc(C)cc2)s1. The third kappa shape index (κ3) is 6.16. The number of halogens is 3. The molecular formula is C23H23F3N4O2S. The standard InChI is InChI=1S/C23H23F3N4O2S/c1-4-14(3)18(27-19(31)16-6-5-7-17(12-16)23(24,25)26)20(32)28-22-30-29-21(33-22)15-10-8-13(2)9-11-15/h5-12,14,18H,4H2,1-3H3,(H,27,31)(H,28,30,32). The largest absolute Gasteiger partial charge is 0.416 e. The van der Waals surface area contributed by atoms with Crippen LogP contribution in [0.1, 0.15) is 41.8 Å². The molecule has 0 aliphatic rings. The van der Waals surface area contributed by atoms with Crippen molar-refractivity contribution in [2.24, 2.45) is 5.92 Å². The van der Waals surface area contributed by atoms with Crippen molar-refractivity contribution in [1.82, 2.24) is 15.5 Å². The van der Waals surface area contributed by atoms with Gasteiger partial charge in [-0.25, -0.2) is 0 Å². The van der Waals surface area contributed by atoms with Gasteiger partial charge in [-0.05, 0) is 31.0 Å². The average Bonchev–Trinajstić information content (AvgIpc) is 3.25. The zero-order valence-corrected chi connectivity index (χ0v) is 19.1. The predicted octanol–water partition coefficient (Wildman–Crippen LogP) is 5.32. The molecule has 10 heteroatoms. The highest BCUT2D eigenvalue weighted by Crippen LogP contribution is 2.30. The summed E-state index contributed by atoms with van der Waals surface area (Å²) in [6, 6.07) is 10.8. The number of amides is 2. The number of hydrogen-bond acceptors (Lipinski definition) is 5. The molecule has 0 saturated heterocycles. The first-order valence-corrected chi connectivity index (χ1v) is 11.1. The Kier molecular flexibility index (Phi) is 7.47. The van der Waals surface area contributed by atoms with Gasteiger partial charge in [-0.15, -0.1) is 10.2 Å². The number of rotatable bonds is 7. The van der Waals surface area contributed by atoms with Crippen molar-refractivity contribution in [2.45, 2.75) is 39.4 Å². The number of hydrogen-bond donors (Lipinski definition) is 2. The number of alkyl halides is 3. The Bertz CT molecular complexity index is 1130. The fourth-order valence-electron chi connectivity index (χ4n) is 3.03. The summed E-state index contributed by atoms with van der Waals surface area (Å²) in [6.45, 7) is 5.59. The van der Waals surface area contributed by atoms with Gasteiger partial charge in [0.15, 0.2) is 0 Å². The van der Waals surface area contributed by atoms with Gasteiger partial charge in [0.25, 0.3) is 5.91 Å². The molecule has 0 aliphatic carbocycles. The Morgan fingerprint density at radius 1 is 1.09 bits per heavy atom. The van der Waals surface area contributed by atoms with Crippen LogP contribution in [0, 0.1) is 12.8 Å². The fourth-order valence-corrected chi connectivity index (χ4v) is 3.78. The summed E-state index contributed by atoms with van der Waals surface area (Å²) in [6.07, 6.45) is -4.01. The molecule has 2 amide bonds. The first-order valence-electron chi connectivity index (χ1n) is 10.3. The van der Waals surface area contributed by atoms with Crippen molar-refractivity contribution in [3.63, 3.8) is 0 Å². The van der Waals surface area contributed by atoms with Crippen LogP contribution in [0.2, 0.25) is 0 Å². The normalized spacial score (nSPS) is 13.3. The topological polar surface area (TPSA) is 84.0 Å². The molecule has 0 radical (unpaired) electrons. The maximum Gasteiger partial charge on any atom is 0.416 e. The van der Waals surface area contributed by atoms with Crippen LogP contribution in [0.15, 0.2) is 48.5 Å². The summed E-state index contributed by atoms with van der Waals surface area (Å²) in [7, 11) is 0. The second-order valence-corrected chi connectivity index (χ2v) is 8.66. The van der Waals surface area contributed by atoms with Crippen LogP contribution in [-0.4, -0.2) is 28.1 Å². The monoisotopic (exact) mass is 476 g/mol. The fraction of sp³-hybridized carbons (Fsp3) is 0.304. The van der Waals surface area contributed by atoms with E-state index in [0.717, 1.165) is 29.3 Å². The molecule has 0 saturated carbocycles. The minimum absolute atomic E-state index is 0.177. The Labute approximate surface area is 193 Å². The number of nitrogens with zero attached hydrogens (tertiary/aromatic N) is 2. The van der Waals surface area contributed by atoms with E-state index in [1.165, 1.54) is 17.4 Å². The van der Waals surface area contributed by atoms with Gasteiger partial charge in [-0.1, -0.05) is 67.5 Å². The number of aromatic nitrogens is 2. The molecule has 6 nitrogen and oxygen atoms in total. The van der Waals surface area contributed by atoms with Crippen LogP contribution in [0.5, 0.6) is 0 Å². The molecule has 1 aromatic heterocycles.